The number of anilines is 1. The minimum absolute atomic E-state index is 0.0780. The summed E-state index contributed by atoms with van der Waals surface area (Å²) in [5, 5.41) is 7.49. The third kappa shape index (κ3) is 5.54. The van der Waals surface area contributed by atoms with Crippen LogP contribution in [0.5, 0.6) is 5.75 Å². The number of rotatable bonds is 6. The first-order chi connectivity index (χ1) is 20.3. The molecular weight excluding hydrogens is 565 g/mol. The Hall–Kier alpha value is -4.08. The van der Waals surface area contributed by atoms with Crippen molar-refractivity contribution in [3.8, 4) is 10.8 Å². The van der Waals surface area contributed by atoms with Gasteiger partial charge in [-0.3, -0.25) is 9.59 Å². The molecule has 2 aliphatic rings. The molecule has 3 heterocycles. The van der Waals surface area contributed by atoms with Gasteiger partial charge >= 0.3 is 0 Å². The molecule has 0 unspecified atom stereocenters. The van der Waals surface area contributed by atoms with E-state index in [0.29, 0.717) is 10.1 Å². The van der Waals surface area contributed by atoms with Gasteiger partial charge in [-0.25, -0.2) is 4.99 Å². The normalized spacial score (nSPS) is 16.5. The summed E-state index contributed by atoms with van der Waals surface area (Å²) in [7, 11) is 1.62. The summed E-state index contributed by atoms with van der Waals surface area (Å²) in [5.74, 6) is 0.493. The largest absolute Gasteiger partial charge is 0.497 e. The van der Waals surface area contributed by atoms with Gasteiger partial charge in [0.1, 0.15) is 10.8 Å². The maximum Gasteiger partial charge on any atom is 0.264 e. The van der Waals surface area contributed by atoms with Crippen molar-refractivity contribution in [3.63, 3.8) is 0 Å². The van der Waals surface area contributed by atoms with Crippen molar-refractivity contribution in [1.82, 2.24) is 9.88 Å². The lowest BCUT2D eigenvalue weighted by molar-refractivity contribution is -0.115. The SMILES string of the molecule is COc1ccc(N=C2NC(=O)/C(=C/c3cc(C)n(-c4sc5c(c4C(=O)Nc4ccc(C)cc4)CCCC5)c3C)S2)cc1. The second-order valence-electron chi connectivity index (χ2n) is 10.6. The molecule has 4 aromatic rings. The maximum absolute atomic E-state index is 13.8. The predicted molar refractivity (Wildman–Crippen MR) is 173 cm³/mol. The molecule has 2 amide bonds. The van der Waals surface area contributed by atoms with Gasteiger partial charge in [-0.05, 0) is 118 Å². The lowest BCUT2D eigenvalue weighted by atomic mass is 9.95. The van der Waals surface area contributed by atoms with Crippen LogP contribution in [0.15, 0.2) is 64.5 Å². The topological polar surface area (TPSA) is 84.7 Å². The van der Waals surface area contributed by atoms with Crippen LogP contribution in [-0.4, -0.2) is 28.7 Å². The number of hydrogen-bond acceptors (Lipinski definition) is 6. The molecule has 7 nitrogen and oxygen atoms in total. The average Bonchev–Trinajstić information content (AvgIpc) is 3.62. The summed E-state index contributed by atoms with van der Waals surface area (Å²) in [6.45, 7) is 6.13. The molecule has 6 rings (SSSR count). The van der Waals surface area contributed by atoms with E-state index in [1.807, 2.05) is 75.4 Å². The monoisotopic (exact) mass is 596 g/mol. The Kier molecular flexibility index (Phi) is 7.79. The number of nitrogens with one attached hydrogen (secondary N) is 2. The number of fused-ring (bicyclic) bond motifs is 1. The van der Waals surface area contributed by atoms with Crippen LogP contribution in [0.25, 0.3) is 11.1 Å². The molecule has 0 spiro atoms. The van der Waals surface area contributed by atoms with Crippen LogP contribution in [-0.2, 0) is 17.6 Å². The van der Waals surface area contributed by atoms with Crippen LogP contribution in [0.4, 0.5) is 11.4 Å². The Morgan fingerprint density at radius 2 is 1.79 bits per heavy atom. The van der Waals surface area contributed by atoms with Crippen LogP contribution in [0, 0.1) is 20.8 Å². The molecule has 9 heteroatoms. The first kappa shape index (κ1) is 28.1. The Morgan fingerprint density at radius 1 is 1.05 bits per heavy atom. The van der Waals surface area contributed by atoms with Gasteiger partial charge in [-0.2, -0.15) is 0 Å². The van der Waals surface area contributed by atoms with Gasteiger partial charge in [-0.15, -0.1) is 11.3 Å². The zero-order valence-corrected chi connectivity index (χ0v) is 25.7. The number of thiophene rings is 1. The van der Waals surface area contributed by atoms with E-state index in [9.17, 15) is 9.59 Å². The summed E-state index contributed by atoms with van der Waals surface area (Å²) in [6.07, 6.45) is 6.04. The molecule has 1 aliphatic carbocycles. The quantitative estimate of drug-likeness (QED) is 0.226. The zero-order chi connectivity index (χ0) is 29.4. The number of thioether (sulfide) groups is 1. The molecule has 2 aromatic heterocycles. The van der Waals surface area contributed by atoms with Gasteiger partial charge in [0, 0.05) is 22.0 Å². The molecule has 1 saturated heterocycles. The van der Waals surface area contributed by atoms with Gasteiger partial charge in [0.15, 0.2) is 5.17 Å². The number of methoxy groups -OCH3 is 1. The summed E-state index contributed by atoms with van der Waals surface area (Å²) < 4.78 is 7.38. The fourth-order valence-electron chi connectivity index (χ4n) is 5.42. The first-order valence-corrected chi connectivity index (χ1v) is 15.6. The van der Waals surface area contributed by atoms with E-state index >= 15 is 0 Å². The van der Waals surface area contributed by atoms with Crippen LogP contribution in [0.2, 0.25) is 0 Å². The van der Waals surface area contributed by atoms with Gasteiger partial charge < -0.3 is 19.9 Å². The molecule has 1 aliphatic heterocycles. The number of aromatic nitrogens is 1. The standard InChI is InChI=1S/C33H32N4O3S2/c1-19-9-11-23(12-10-19)34-31(39)29-26-7-5-6-8-27(26)41-32(29)37-20(2)17-22(21(37)3)18-28-30(38)36-33(42-28)35-24-13-15-25(40-4)16-14-24/h9-18H,5-8H2,1-4H3,(H,34,39)(H,35,36,38)/b28-18-. The Morgan fingerprint density at radius 3 is 2.52 bits per heavy atom. The fraction of sp³-hybridized carbons (Fsp3) is 0.242. The van der Waals surface area contributed by atoms with Crippen molar-refractivity contribution in [2.24, 2.45) is 4.99 Å². The van der Waals surface area contributed by atoms with Crippen molar-refractivity contribution in [2.45, 2.75) is 46.5 Å². The second-order valence-corrected chi connectivity index (χ2v) is 12.7. The molecule has 0 saturated carbocycles. The molecule has 214 valence electrons. The fourth-order valence-corrected chi connectivity index (χ4v) is 7.75. The molecule has 0 atom stereocenters. The van der Waals surface area contributed by atoms with E-state index in [1.165, 1.54) is 22.2 Å². The number of benzene rings is 2. The lowest BCUT2D eigenvalue weighted by Gasteiger charge is -2.14. The van der Waals surface area contributed by atoms with Gasteiger partial charge in [0.05, 0.1) is 23.3 Å². The summed E-state index contributed by atoms with van der Waals surface area (Å²) in [5.41, 5.74) is 7.53. The third-order valence-corrected chi connectivity index (χ3v) is 9.79. The van der Waals surface area contributed by atoms with E-state index < -0.39 is 0 Å². The number of aliphatic imine (C=N–C) groups is 1. The van der Waals surface area contributed by atoms with E-state index in [-0.39, 0.29) is 11.8 Å². The smallest absolute Gasteiger partial charge is 0.264 e. The molecule has 0 radical (unpaired) electrons. The predicted octanol–water partition coefficient (Wildman–Crippen LogP) is 7.50. The van der Waals surface area contributed by atoms with Gasteiger partial charge in [-0.1, -0.05) is 17.7 Å². The molecule has 42 heavy (non-hydrogen) atoms. The van der Waals surface area contributed by atoms with E-state index in [0.717, 1.165) is 75.9 Å². The Balaban J connectivity index is 1.33. The highest BCUT2D eigenvalue weighted by Crippen LogP contribution is 2.40. The van der Waals surface area contributed by atoms with Gasteiger partial charge in [0.25, 0.3) is 11.8 Å². The number of carbonyl (C=O) groups excluding carboxylic acids is 2. The molecule has 2 aromatic carbocycles. The molecular formula is C33H32N4O3S2. The van der Waals surface area contributed by atoms with Crippen LogP contribution in [0.1, 0.15) is 56.2 Å². The number of ether oxygens (including phenoxy) is 1. The Bertz CT molecular complexity index is 1750. The number of amidine groups is 1. The minimum Gasteiger partial charge on any atom is -0.497 e. The first-order valence-electron chi connectivity index (χ1n) is 14.0. The third-order valence-electron chi connectivity index (χ3n) is 7.60. The molecule has 0 bridgehead atoms. The maximum atomic E-state index is 13.8. The summed E-state index contributed by atoms with van der Waals surface area (Å²) in [6, 6.07) is 17.3. The van der Waals surface area contributed by atoms with E-state index in [2.05, 4.69) is 26.3 Å². The number of amides is 2. The van der Waals surface area contributed by atoms with Crippen LogP contribution >= 0.6 is 23.1 Å². The number of nitrogens with zero attached hydrogens (tertiary/aromatic N) is 2. The van der Waals surface area contributed by atoms with Gasteiger partial charge in [0.2, 0.25) is 0 Å². The molecule has 2 N–H and O–H groups in total. The van der Waals surface area contributed by atoms with Crippen molar-refractivity contribution >= 4 is 57.5 Å². The highest BCUT2D eigenvalue weighted by atomic mass is 32.2. The van der Waals surface area contributed by atoms with Crippen LogP contribution < -0.4 is 15.4 Å². The summed E-state index contributed by atoms with van der Waals surface area (Å²) in [4.78, 5) is 33.1. The van der Waals surface area contributed by atoms with Crippen molar-refractivity contribution in [1.29, 1.82) is 0 Å². The number of hydrogen-bond donors (Lipinski definition) is 2. The number of carbonyl (C=O) groups is 2. The molecule has 1 fully saturated rings. The summed E-state index contributed by atoms with van der Waals surface area (Å²) >= 11 is 3.03. The highest BCUT2D eigenvalue weighted by molar-refractivity contribution is 8.18. The zero-order valence-electron chi connectivity index (χ0n) is 24.0. The van der Waals surface area contributed by atoms with Crippen LogP contribution in [0.3, 0.4) is 0 Å². The van der Waals surface area contributed by atoms with Crippen molar-refractivity contribution in [3.05, 3.63) is 98.0 Å². The average molecular weight is 597 g/mol. The second kappa shape index (κ2) is 11.7. The minimum atomic E-state index is -0.179. The van der Waals surface area contributed by atoms with Crippen molar-refractivity contribution in [2.75, 3.05) is 12.4 Å². The van der Waals surface area contributed by atoms with E-state index in [1.54, 1.807) is 18.4 Å². The van der Waals surface area contributed by atoms with Crippen molar-refractivity contribution < 1.29 is 14.3 Å². The Labute approximate surface area is 253 Å². The van der Waals surface area contributed by atoms with E-state index in [4.69, 9.17) is 4.74 Å². The highest BCUT2D eigenvalue weighted by Gasteiger charge is 2.29. The number of aryl methyl sites for hydroxylation is 3. The lowest BCUT2D eigenvalue weighted by Crippen LogP contribution is -2.19.